The number of rotatable bonds is 10. The Kier molecular flexibility index (Phi) is 7.71. The topological polar surface area (TPSA) is 69.2 Å². The van der Waals surface area contributed by atoms with Crippen molar-refractivity contribution in [2.45, 2.75) is 19.4 Å². The first-order chi connectivity index (χ1) is 10.2. The van der Waals surface area contributed by atoms with E-state index in [1.54, 1.807) is 33.5 Å². The lowest BCUT2D eigenvalue weighted by Gasteiger charge is -2.16. The Labute approximate surface area is 126 Å². The maximum absolute atomic E-state index is 9.82. The highest BCUT2D eigenvalue weighted by Gasteiger charge is 2.14. The van der Waals surface area contributed by atoms with Gasteiger partial charge in [0.15, 0.2) is 11.5 Å². The van der Waals surface area contributed by atoms with Crippen molar-refractivity contribution in [3.8, 4) is 23.0 Å². The van der Waals surface area contributed by atoms with Gasteiger partial charge in [0, 0.05) is 18.7 Å². The van der Waals surface area contributed by atoms with Gasteiger partial charge in [0.05, 0.1) is 21.3 Å². The van der Waals surface area contributed by atoms with Crippen LogP contribution >= 0.6 is 0 Å². The van der Waals surface area contributed by atoms with Crippen LogP contribution in [0.5, 0.6) is 23.0 Å². The van der Waals surface area contributed by atoms with Gasteiger partial charge in [-0.05, 0) is 13.0 Å². The Bertz CT molecular complexity index is 400. The monoisotopic (exact) mass is 299 g/mol. The molecule has 1 aromatic rings. The van der Waals surface area contributed by atoms with E-state index in [2.05, 4.69) is 12.2 Å². The maximum atomic E-state index is 9.82. The van der Waals surface area contributed by atoms with Gasteiger partial charge in [-0.2, -0.15) is 0 Å². The molecule has 21 heavy (non-hydrogen) atoms. The summed E-state index contributed by atoms with van der Waals surface area (Å²) in [5.74, 6) is 2.10. The fraction of sp³-hybridized carbons (Fsp3) is 0.600. The molecule has 0 aliphatic carbocycles. The van der Waals surface area contributed by atoms with Gasteiger partial charge in [-0.25, -0.2) is 0 Å². The third-order valence-corrected chi connectivity index (χ3v) is 2.89. The molecular weight excluding hydrogens is 274 g/mol. The zero-order valence-electron chi connectivity index (χ0n) is 13.1. The molecule has 1 unspecified atom stereocenters. The largest absolute Gasteiger partial charge is 0.493 e. The molecule has 0 radical (unpaired) electrons. The van der Waals surface area contributed by atoms with Crippen molar-refractivity contribution in [2.75, 3.05) is 41.0 Å². The fourth-order valence-electron chi connectivity index (χ4n) is 1.84. The van der Waals surface area contributed by atoms with Crippen LogP contribution in [0.3, 0.4) is 0 Å². The summed E-state index contributed by atoms with van der Waals surface area (Å²) in [5.41, 5.74) is 0. The fourth-order valence-corrected chi connectivity index (χ4v) is 1.84. The quantitative estimate of drug-likeness (QED) is 0.637. The normalized spacial score (nSPS) is 11.9. The molecule has 2 N–H and O–H groups in total. The van der Waals surface area contributed by atoms with E-state index in [0.29, 0.717) is 29.5 Å². The highest BCUT2D eigenvalue weighted by molar-refractivity contribution is 5.55. The van der Waals surface area contributed by atoms with E-state index < -0.39 is 6.10 Å². The second-order valence-corrected chi connectivity index (χ2v) is 4.53. The van der Waals surface area contributed by atoms with E-state index in [-0.39, 0.29) is 6.61 Å². The molecule has 0 saturated heterocycles. The molecule has 0 fully saturated rings. The second kappa shape index (κ2) is 9.31. The van der Waals surface area contributed by atoms with E-state index in [1.807, 2.05) is 0 Å². The summed E-state index contributed by atoms with van der Waals surface area (Å²) in [7, 11) is 4.64. The summed E-state index contributed by atoms with van der Waals surface area (Å²) >= 11 is 0. The molecule has 0 saturated carbocycles. The molecular formula is C15H25NO5. The zero-order valence-corrected chi connectivity index (χ0v) is 13.1. The van der Waals surface area contributed by atoms with Crippen molar-refractivity contribution in [1.82, 2.24) is 5.32 Å². The first kappa shape index (κ1) is 17.4. The van der Waals surface area contributed by atoms with Gasteiger partial charge in [-0.1, -0.05) is 6.92 Å². The number of nitrogens with one attached hydrogen (secondary N) is 1. The first-order valence-corrected chi connectivity index (χ1v) is 6.97. The van der Waals surface area contributed by atoms with Crippen LogP contribution in [-0.2, 0) is 0 Å². The number of aliphatic hydroxyl groups is 1. The number of ether oxygens (including phenoxy) is 4. The SMILES string of the molecule is CCCNCC(O)COc1cc(OC)c(OC)c(OC)c1. The van der Waals surface area contributed by atoms with Crippen molar-refractivity contribution < 1.29 is 24.1 Å². The lowest BCUT2D eigenvalue weighted by molar-refractivity contribution is 0.106. The Morgan fingerprint density at radius 1 is 1.10 bits per heavy atom. The number of hydrogen-bond donors (Lipinski definition) is 2. The Balaban J connectivity index is 2.66. The molecule has 1 rings (SSSR count). The van der Waals surface area contributed by atoms with Crippen molar-refractivity contribution in [2.24, 2.45) is 0 Å². The van der Waals surface area contributed by atoms with Crippen LogP contribution in [0.25, 0.3) is 0 Å². The average Bonchev–Trinajstić information content (AvgIpc) is 2.51. The van der Waals surface area contributed by atoms with Gasteiger partial charge in [0.25, 0.3) is 0 Å². The molecule has 0 amide bonds. The average molecular weight is 299 g/mol. The third-order valence-electron chi connectivity index (χ3n) is 2.89. The van der Waals surface area contributed by atoms with Gasteiger partial charge in [-0.15, -0.1) is 0 Å². The molecule has 6 heteroatoms. The van der Waals surface area contributed by atoms with Gasteiger partial charge < -0.3 is 29.4 Å². The lowest BCUT2D eigenvalue weighted by atomic mass is 10.2. The van der Waals surface area contributed by atoms with Crippen LogP contribution < -0.4 is 24.3 Å². The Morgan fingerprint density at radius 3 is 2.19 bits per heavy atom. The van der Waals surface area contributed by atoms with Crippen LogP contribution in [0, 0.1) is 0 Å². The minimum absolute atomic E-state index is 0.190. The predicted octanol–water partition coefficient (Wildman–Crippen LogP) is 1.45. The molecule has 0 aliphatic rings. The summed E-state index contributed by atoms with van der Waals surface area (Å²) < 4.78 is 21.3. The summed E-state index contributed by atoms with van der Waals surface area (Å²) in [6.07, 6.45) is 0.455. The highest BCUT2D eigenvalue weighted by atomic mass is 16.5. The smallest absolute Gasteiger partial charge is 0.203 e. The number of methoxy groups -OCH3 is 3. The summed E-state index contributed by atoms with van der Waals surface area (Å²) in [6, 6.07) is 3.40. The minimum atomic E-state index is -0.573. The summed E-state index contributed by atoms with van der Waals surface area (Å²) in [5, 5.41) is 13.0. The van der Waals surface area contributed by atoms with E-state index in [9.17, 15) is 5.11 Å². The molecule has 0 heterocycles. The summed E-state index contributed by atoms with van der Waals surface area (Å²) in [6.45, 7) is 3.64. The number of aliphatic hydroxyl groups excluding tert-OH is 1. The summed E-state index contributed by atoms with van der Waals surface area (Å²) in [4.78, 5) is 0. The van der Waals surface area contributed by atoms with Crippen molar-refractivity contribution >= 4 is 0 Å². The zero-order chi connectivity index (χ0) is 15.7. The van der Waals surface area contributed by atoms with Crippen molar-refractivity contribution in [3.05, 3.63) is 12.1 Å². The maximum Gasteiger partial charge on any atom is 0.203 e. The number of hydrogen-bond acceptors (Lipinski definition) is 6. The standard InChI is InChI=1S/C15H25NO5/c1-5-6-16-9-11(17)10-21-12-7-13(18-2)15(20-4)14(8-12)19-3/h7-8,11,16-17H,5-6,9-10H2,1-4H3. The molecule has 1 aromatic carbocycles. The van der Waals surface area contributed by atoms with E-state index in [0.717, 1.165) is 13.0 Å². The molecule has 6 nitrogen and oxygen atoms in total. The molecule has 0 aliphatic heterocycles. The van der Waals surface area contributed by atoms with Crippen LogP contribution in [0.4, 0.5) is 0 Å². The Hall–Kier alpha value is -1.66. The minimum Gasteiger partial charge on any atom is -0.493 e. The number of benzene rings is 1. The van der Waals surface area contributed by atoms with E-state index in [4.69, 9.17) is 18.9 Å². The lowest BCUT2D eigenvalue weighted by Crippen LogP contribution is -2.31. The van der Waals surface area contributed by atoms with Gasteiger partial charge in [0.1, 0.15) is 18.5 Å². The van der Waals surface area contributed by atoms with Gasteiger partial charge >= 0.3 is 0 Å². The van der Waals surface area contributed by atoms with E-state index >= 15 is 0 Å². The van der Waals surface area contributed by atoms with Crippen LogP contribution in [0.1, 0.15) is 13.3 Å². The predicted molar refractivity (Wildman–Crippen MR) is 80.8 cm³/mol. The van der Waals surface area contributed by atoms with E-state index in [1.165, 1.54) is 0 Å². The molecule has 1 atom stereocenters. The molecule has 0 spiro atoms. The third kappa shape index (κ3) is 5.32. The van der Waals surface area contributed by atoms with Crippen LogP contribution in [0.2, 0.25) is 0 Å². The highest BCUT2D eigenvalue weighted by Crippen LogP contribution is 2.40. The Morgan fingerprint density at radius 2 is 1.71 bits per heavy atom. The van der Waals surface area contributed by atoms with Gasteiger partial charge in [0.2, 0.25) is 5.75 Å². The molecule has 0 bridgehead atoms. The van der Waals surface area contributed by atoms with Gasteiger partial charge in [-0.3, -0.25) is 0 Å². The van der Waals surface area contributed by atoms with Crippen LogP contribution in [0.15, 0.2) is 12.1 Å². The molecule has 120 valence electrons. The molecule has 0 aromatic heterocycles. The van der Waals surface area contributed by atoms with Crippen molar-refractivity contribution in [1.29, 1.82) is 0 Å². The first-order valence-electron chi connectivity index (χ1n) is 6.97. The second-order valence-electron chi connectivity index (χ2n) is 4.53. The van der Waals surface area contributed by atoms with Crippen molar-refractivity contribution in [3.63, 3.8) is 0 Å². The van der Waals surface area contributed by atoms with Crippen LogP contribution in [-0.4, -0.2) is 52.2 Å².